The molecule has 2 saturated heterocycles. The number of carboxylic acid groups (broad SMARTS) is 1. The van der Waals surface area contributed by atoms with E-state index >= 15 is 0 Å². The normalized spacial score (nSPS) is 39.8. The second-order valence-electron chi connectivity index (χ2n) is 5.59. The fourth-order valence-corrected chi connectivity index (χ4v) is 3.27. The largest absolute Gasteiger partial charge is 0.790 e. The van der Waals surface area contributed by atoms with Gasteiger partial charge in [0, 0.05) is 5.92 Å². The number of aliphatic carboxylic acids is 1. The number of hydrogen-bond acceptors (Lipinski definition) is 9. The molecular formula is C11H18NO9P-2. The molecule has 2 heterocycles. The number of phosphoric ester groups is 1. The minimum atomic E-state index is -5.20. The van der Waals surface area contributed by atoms with Gasteiger partial charge in [-0.15, -0.1) is 0 Å². The number of rotatable bonds is 5. The number of ether oxygens (including phenoxy) is 1. The van der Waals surface area contributed by atoms with Crippen molar-refractivity contribution in [3.8, 4) is 0 Å². The zero-order chi connectivity index (χ0) is 16.5. The molecule has 0 aromatic carbocycles. The highest BCUT2D eigenvalue weighted by Crippen LogP contribution is 2.28. The van der Waals surface area contributed by atoms with Crippen molar-refractivity contribution in [2.75, 3.05) is 19.7 Å². The lowest BCUT2D eigenvalue weighted by Gasteiger charge is -2.34. The number of piperidine rings is 1. The fourth-order valence-electron chi connectivity index (χ4n) is 2.94. The summed E-state index contributed by atoms with van der Waals surface area (Å²) in [6.07, 6.45) is -3.78. The molecule has 0 radical (unpaired) electrons. The summed E-state index contributed by atoms with van der Waals surface area (Å²) >= 11 is 0. The van der Waals surface area contributed by atoms with Crippen LogP contribution in [0.15, 0.2) is 0 Å². The lowest BCUT2D eigenvalue weighted by atomic mass is 9.97. The lowest BCUT2D eigenvalue weighted by Crippen LogP contribution is -3.18. The minimum absolute atomic E-state index is 0.173. The van der Waals surface area contributed by atoms with Crippen LogP contribution in [0.25, 0.3) is 0 Å². The van der Waals surface area contributed by atoms with Gasteiger partial charge in [0.1, 0.15) is 12.2 Å². The fraction of sp³-hybridized carbons (Fsp3) is 0.909. The van der Waals surface area contributed by atoms with Gasteiger partial charge in [-0.05, 0) is 12.8 Å². The third-order valence-electron chi connectivity index (χ3n) is 4.05. The molecule has 3 N–H and O–H groups in total. The first-order valence-corrected chi connectivity index (χ1v) is 8.38. The predicted molar refractivity (Wildman–Crippen MR) is 62.7 cm³/mol. The molecule has 6 atom stereocenters. The second kappa shape index (κ2) is 6.90. The highest BCUT2D eigenvalue weighted by Gasteiger charge is 2.49. The van der Waals surface area contributed by atoms with E-state index in [0.29, 0.717) is 24.3 Å². The van der Waals surface area contributed by atoms with Crippen molar-refractivity contribution < 1.29 is 48.6 Å². The first kappa shape index (κ1) is 17.8. The third-order valence-corrected chi connectivity index (χ3v) is 4.52. The molecule has 0 aromatic heterocycles. The van der Waals surface area contributed by atoms with Crippen LogP contribution in [-0.2, 0) is 18.6 Å². The van der Waals surface area contributed by atoms with Crippen LogP contribution in [0.4, 0.5) is 0 Å². The Morgan fingerprint density at radius 2 is 2.05 bits per heavy atom. The van der Waals surface area contributed by atoms with Gasteiger partial charge in [0.05, 0.1) is 33.5 Å². The quantitative estimate of drug-likeness (QED) is 0.414. The molecule has 0 saturated carbocycles. The Labute approximate surface area is 126 Å². The van der Waals surface area contributed by atoms with Crippen molar-refractivity contribution in [1.82, 2.24) is 0 Å². The molecule has 11 heteroatoms. The van der Waals surface area contributed by atoms with Crippen LogP contribution in [0.3, 0.4) is 0 Å². The molecule has 2 aliphatic heterocycles. The summed E-state index contributed by atoms with van der Waals surface area (Å²) in [5.74, 6) is -1.85. The molecule has 22 heavy (non-hydrogen) atoms. The van der Waals surface area contributed by atoms with Crippen LogP contribution in [0.1, 0.15) is 12.8 Å². The molecule has 128 valence electrons. The van der Waals surface area contributed by atoms with Crippen LogP contribution in [0, 0.1) is 5.92 Å². The van der Waals surface area contributed by atoms with E-state index in [2.05, 4.69) is 4.52 Å². The van der Waals surface area contributed by atoms with Gasteiger partial charge in [-0.2, -0.15) is 0 Å². The smallest absolute Gasteiger partial charge is 0.221 e. The molecule has 2 rings (SSSR count). The topological polar surface area (TPSA) is 167 Å². The average molecular weight is 339 g/mol. The van der Waals surface area contributed by atoms with E-state index in [0.717, 1.165) is 0 Å². The number of carbonyl (C=O) groups excluding carboxylic acids is 1. The second-order valence-corrected chi connectivity index (χ2v) is 6.74. The summed E-state index contributed by atoms with van der Waals surface area (Å²) in [6.45, 7) is 0.00949. The third kappa shape index (κ3) is 4.24. The van der Waals surface area contributed by atoms with Crippen LogP contribution in [0.2, 0.25) is 0 Å². The summed E-state index contributed by atoms with van der Waals surface area (Å²) in [4.78, 5) is 32.5. The van der Waals surface area contributed by atoms with Crippen molar-refractivity contribution in [1.29, 1.82) is 0 Å². The Bertz CT molecular complexity index is 455. The van der Waals surface area contributed by atoms with Crippen LogP contribution in [-0.4, -0.2) is 60.4 Å². The van der Waals surface area contributed by atoms with Gasteiger partial charge < -0.3 is 48.6 Å². The van der Waals surface area contributed by atoms with Gasteiger partial charge in [-0.1, -0.05) is 0 Å². The number of phosphoric acid groups is 1. The zero-order valence-electron chi connectivity index (χ0n) is 11.6. The number of aliphatic hydroxyl groups excluding tert-OH is 2. The Hall–Kier alpha value is -0.580. The van der Waals surface area contributed by atoms with E-state index in [1.54, 1.807) is 0 Å². The zero-order valence-corrected chi connectivity index (χ0v) is 12.5. The first-order valence-electron chi connectivity index (χ1n) is 6.92. The molecule has 0 bridgehead atoms. The van der Waals surface area contributed by atoms with Crippen molar-refractivity contribution in [3.05, 3.63) is 0 Å². The van der Waals surface area contributed by atoms with E-state index in [9.17, 15) is 34.5 Å². The molecule has 2 aliphatic rings. The average Bonchev–Trinajstić information content (AvgIpc) is 2.72. The van der Waals surface area contributed by atoms with Crippen molar-refractivity contribution in [3.63, 3.8) is 0 Å². The summed E-state index contributed by atoms with van der Waals surface area (Å²) < 4.78 is 19.9. The molecule has 0 aromatic rings. The SMILES string of the molecule is O=C([O-])C1CCC[NH+]([C@H]2O[C@H](COP(=O)([O-])[O-])[C@@H](O)[C@H]2O)C1. The maximum atomic E-state index is 10.9. The Morgan fingerprint density at radius 1 is 1.36 bits per heavy atom. The van der Waals surface area contributed by atoms with Crippen molar-refractivity contribution in [2.45, 2.75) is 37.4 Å². The first-order chi connectivity index (χ1) is 10.2. The van der Waals surface area contributed by atoms with E-state index in [-0.39, 0.29) is 6.54 Å². The number of nitrogens with one attached hydrogen (secondary N) is 1. The molecule has 0 aliphatic carbocycles. The van der Waals surface area contributed by atoms with Crippen molar-refractivity contribution >= 4 is 13.8 Å². The molecule has 10 nitrogen and oxygen atoms in total. The number of carboxylic acids is 1. The lowest BCUT2D eigenvalue weighted by molar-refractivity contribution is -0.956. The molecule has 2 fully saturated rings. The Balaban J connectivity index is 1.97. The van der Waals surface area contributed by atoms with E-state index in [1.807, 2.05) is 0 Å². The van der Waals surface area contributed by atoms with Crippen LogP contribution in [0.5, 0.6) is 0 Å². The number of hydrogen-bond donors (Lipinski definition) is 3. The van der Waals surface area contributed by atoms with Crippen LogP contribution < -0.4 is 19.8 Å². The number of quaternary nitrogens is 1. The monoisotopic (exact) mass is 339 g/mol. The number of aliphatic hydroxyl groups is 2. The standard InChI is InChI=1S/C11H20NO9P/c13-8-7(5-20-22(17,18)19)21-10(9(8)14)12-3-1-2-6(4-12)11(15)16/h6-10,13-14H,1-5H2,(H,15,16)(H2,17,18,19)/p-2/t6?,7-,8-,9-,10+/m1/s1. The highest BCUT2D eigenvalue weighted by molar-refractivity contribution is 7.43. The highest BCUT2D eigenvalue weighted by atomic mass is 31.2. The van der Waals surface area contributed by atoms with Gasteiger partial charge in [-0.3, -0.25) is 0 Å². The Morgan fingerprint density at radius 3 is 2.64 bits per heavy atom. The summed E-state index contributed by atoms with van der Waals surface area (Å²) in [6, 6.07) is 0. The number of carbonyl (C=O) groups is 1. The van der Waals surface area contributed by atoms with Gasteiger partial charge in [0.15, 0.2) is 6.10 Å². The van der Waals surface area contributed by atoms with Crippen molar-refractivity contribution in [2.24, 2.45) is 5.92 Å². The molecule has 0 spiro atoms. The summed E-state index contributed by atoms with van der Waals surface area (Å²) in [7, 11) is -5.20. The van der Waals surface area contributed by atoms with Gasteiger partial charge in [0.25, 0.3) is 0 Å². The summed E-state index contributed by atoms with van der Waals surface area (Å²) in [5.41, 5.74) is 0. The van der Waals surface area contributed by atoms with E-state index in [1.165, 1.54) is 0 Å². The molecule has 0 amide bonds. The van der Waals surface area contributed by atoms with Gasteiger partial charge >= 0.3 is 0 Å². The minimum Gasteiger partial charge on any atom is -0.790 e. The van der Waals surface area contributed by atoms with Gasteiger partial charge in [-0.25, -0.2) is 0 Å². The molecular weight excluding hydrogens is 321 g/mol. The maximum absolute atomic E-state index is 10.9. The maximum Gasteiger partial charge on any atom is 0.221 e. The number of likely N-dealkylation sites (tertiary alicyclic amines) is 1. The Kier molecular flexibility index (Phi) is 5.57. The summed E-state index contributed by atoms with van der Waals surface area (Å²) in [5, 5.41) is 30.8. The molecule has 2 unspecified atom stereocenters. The van der Waals surface area contributed by atoms with Gasteiger partial charge in [0.2, 0.25) is 6.23 Å². The van der Waals surface area contributed by atoms with Crippen LogP contribution >= 0.6 is 7.82 Å². The van der Waals surface area contributed by atoms with E-state index in [4.69, 9.17) is 4.74 Å². The van der Waals surface area contributed by atoms with E-state index < -0.39 is 50.9 Å². The predicted octanol–water partition coefficient (Wildman–Crippen LogP) is -5.68.